The lowest BCUT2D eigenvalue weighted by Crippen LogP contribution is -2.23. The molecule has 41 heavy (non-hydrogen) atoms. The Labute approximate surface area is 237 Å². The maximum absolute atomic E-state index is 13.3. The van der Waals surface area contributed by atoms with Crippen LogP contribution in [0.15, 0.2) is 66.7 Å². The zero-order valence-corrected chi connectivity index (χ0v) is 23.1. The van der Waals surface area contributed by atoms with Crippen molar-refractivity contribution >= 4 is 33.8 Å². The molecule has 0 atom stereocenters. The van der Waals surface area contributed by atoms with E-state index in [4.69, 9.17) is 9.47 Å². The zero-order valence-electron chi connectivity index (χ0n) is 23.1. The second-order valence-corrected chi connectivity index (χ2v) is 11.0. The monoisotopic (exact) mass is 545 g/mol. The Morgan fingerprint density at radius 1 is 0.951 bits per heavy atom. The molecule has 1 aromatic heterocycles. The van der Waals surface area contributed by atoms with Crippen LogP contribution >= 0.6 is 0 Å². The third-order valence-electron chi connectivity index (χ3n) is 7.98. The van der Waals surface area contributed by atoms with Crippen LogP contribution in [0.2, 0.25) is 0 Å². The SMILES string of the molecule is CC(C)Oc1ccc2c(c1)CCc1c-2c2c(c3c1[nH]c1ccc(CNC(=O)OCc4ccccc4)cc13)CNC2=O. The van der Waals surface area contributed by atoms with Gasteiger partial charge in [0.05, 0.1) is 17.2 Å². The van der Waals surface area contributed by atoms with Gasteiger partial charge in [-0.15, -0.1) is 0 Å². The molecule has 0 saturated carbocycles. The van der Waals surface area contributed by atoms with Crippen molar-refractivity contribution in [2.45, 2.75) is 52.5 Å². The standard InChI is InChI=1S/C34H31N3O4/c1-19(2)41-23-10-12-24-22(15-23)9-11-25-29(24)31-27(17-35-33(31)38)30-26-14-21(8-13-28(26)37-32(25)30)16-36-34(39)40-18-20-6-4-3-5-7-20/h3-8,10,12-15,19,37H,9,11,16-18H2,1-2H3,(H,35,38)(H,36,39). The first kappa shape index (κ1) is 25.2. The summed E-state index contributed by atoms with van der Waals surface area (Å²) >= 11 is 0. The molecule has 7 rings (SSSR count). The Morgan fingerprint density at radius 3 is 2.63 bits per heavy atom. The normalized spacial score (nSPS) is 13.6. The number of rotatable bonds is 6. The highest BCUT2D eigenvalue weighted by molar-refractivity contribution is 6.19. The number of alkyl carbamates (subject to hydrolysis) is 1. The highest BCUT2D eigenvalue weighted by Crippen LogP contribution is 2.46. The molecule has 0 spiro atoms. The Balaban J connectivity index is 1.24. The Morgan fingerprint density at radius 2 is 1.80 bits per heavy atom. The van der Waals surface area contributed by atoms with Gasteiger partial charge in [0, 0.05) is 34.9 Å². The largest absolute Gasteiger partial charge is 0.491 e. The first-order chi connectivity index (χ1) is 20.0. The molecule has 0 fully saturated rings. The topological polar surface area (TPSA) is 92.4 Å². The van der Waals surface area contributed by atoms with Gasteiger partial charge in [0.15, 0.2) is 0 Å². The molecule has 7 heteroatoms. The van der Waals surface area contributed by atoms with Gasteiger partial charge in [0.2, 0.25) is 0 Å². The molecule has 5 aromatic rings. The van der Waals surface area contributed by atoms with Crippen LogP contribution < -0.4 is 15.4 Å². The summed E-state index contributed by atoms with van der Waals surface area (Å²) in [6.45, 7) is 5.11. The van der Waals surface area contributed by atoms with Gasteiger partial charge in [0.1, 0.15) is 12.4 Å². The van der Waals surface area contributed by atoms with Crippen LogP contribution in [0.4, 0.5) is 4.79 Å². The number of nitrogens with one attached hydrogen (secondary N) is 3. The number of amides is 2. The molecule has 0 radical (unpaired) electrons. The predicted molar refractivity (Wildman–Crippen MR) is 159 cm³/mol. The van der Waals surface area contributed by atoms with Crippen molar-refractivity contribution in [3.05, 3.63) is 100 Å². The van der Waals surface area contributed by atoms with Crippen LogP contribution in [-0.4, -0.2) is 23.1 Å². The number of carbonyl (C=O) groups excluding carboxylic acids is 2. The van der Waals surface area contributed by atoms with Crippen molar-refractivity contribution in [3.63, 3.8) is 0 Å². The van der Waals surface area contributed by atoms with Crippen molar-refractivity contribution in [1.29, 1.82) is 0 Å². The number of aromatic nitrogens is 1. The third kappa shape index (κ3) is 4.47. The van der Waals surface area contributed by atoms with Gasteiger partial charge in [-0.3, -0.25) is 4.79 Å². The average molecular weight is 546 g/mol. The van der Waals surface area contributed by atoms with E-state index in [1.54, 1.807) is 0 Å². The minimum Gasteiger partial charge on any atom is -0.491 e. The molecule has 0 unspecified atom stereocenters. The molecule has 4 aromatic carbocycles. The van der Waals surface area contributed by atoms with Crippen molar-refractivity contribution in [2.24, 2.45) is 0 Å². The lowest BCUT2D eigenvalue weighted by molar-refractivity contribution is 0.0966. The molecule has 2 heterocycles. The van der Waals surface area contributed by atoms with Crippen LogP contribution in [0, 0.1) is 0 Å². The quantitative estimate of drug-likeness (QED) is 0.226. The van der Waals surface area contributed by atoms with E-state index in [2.05, 4.69) is 39.9 Å². The fourth-order valence-electron chi connectivity index (χ4n) is 6.25. The van der Waals surface area contributed by atoms with Gasteiger partial charge in [-0.2, -0.15) is 0 Å². The number of H-pyrrole nitrogens is 1. The summed E-state index contributed by atoms with van der Waals surface area (Å²) in [6.07, 6.45) is 1.35. The summed E-state index contributed by atoms with van der Waals surface area (Å²) in [7, 11) is 0. The fourth-order valence-corrected chi connectivity index (χ4v) is 6.25. The number of fused-ring (bicyclic) bond motifs is 10. The molecule has 0 bridgehead atoms. The molecule has 1 aliphatic carbocycles. The number of ether oxygens (including phenoxy) is 2. The highest BCUT2D eigenvalue weighted by Gasteiger charge is 2.33. The first-order valence-electron chi connectivity index (χ1n) is 14.1. The maximum Gasteiger partial charge on any atom is 0.407 e. The van der Waals surface area contributed by atoms with Crippen LogP contribution in [0.3, 0.4) is 0 Å². The summed E-state index contributed by atoms with van der Waals surface area (Å²) in [5, 5.41) is 8.09. The number of carbonyl (C=O) groups is 2. The van der Waals surface area contributed by atoms with Gasteiger partial charge in [-0.05, 0) is 84.3 Å². The first-order valence-corrected chi connectivity index (χ1v) is 14.1. The molecule has 1 aliphatic heterocycles. The number of hydrogen-bond acceptors (Lipinski definition) is 4. The van der Waals surface area contributed by atoms with Crippen LogP contribution in [0.5, 0.6) is 5.75 Å². The van der Waals surface area contributed by atoms with Gasteiger partial charge >= 0.3 is 6.09 Å². The zero-order chi connectivity index (χ0) is 28.1. The number of aryl methyl sites for hydroxylation is 2. The van der Waals surface area contributed by atoms with E-state index in [1.807, 2.05) is 56.3 Å². The van der Waals surface area contributed by atoms with E-state index in [-0.39, 0.29) is 18.6 Å². The molecule has 2 amide bonds. The number of aromatic amines is 1. The highest BCUT2D eigenvalue weighted by atomic mass is 16.5. The summed E-state index contributed by atoms with van der Waals surface area (Å²) in [4.78, 5) is 29.3. The Hall–Kier alpha value is -4.78. The third-order valence-corrected chi connectivity index (χ3v) is 7.98. The molecule has 7 nitrogen and oxygen atoms in total. The molecular weight excluding hydrogens is 514 g/mol. The lowest BCUT2D eigenvalue weighted by Gasteiger charge is -2.24. The Kier molecular flexibility index (Phi) is 6.15. The predicted octanol–water partition coefficient (Wildman–Crippen LogP) is 6.54. The van der Waals surface area contributed by atoms with Gasteiger partial charge < -0.3 is 25.1 Å². The van der Waals surface area contributed by atoms with Gasteiger partial charge in [0.25, 0.3) is 5.91 Å². The molecule has 0 saturated heterocycles. The Bertz CT molecular complexity index is 1840. The van der Waals surface area contributed by atoms with E-state index in [9.17, 15) is 9.59 Å². The van der Waals surface area contributed by atoms with E-state index in [1.165, 1.54) is 11.1 Å². The smallest absolute Gasteiger partial charge is 0.407 e. The van der Waals surface area contributed by atoms with E-state index in [0.717, 1.165) is 73.8 Å². The maximum atomic E-state index is 13.3. The molecule has 2 aliphatic rings. The van der Waals surface area contributed by atoms with Crippen LogP contribution in [-0.2, 0) is 37.3 Å². The van der Waals surface area contributed by atoms with E-state index < -0.39 is 6.09 Å². The van der Waals surface area contributed by atoms with E-state index >= 15 is 0 Å². The number of benzene rings is 4. The molecule has 3 N–H and O–H groups in total. The molecule has 206 valence electrons. The number of hydrogen-bond donors (Lipinski definition) is 3. The van der Waals surface area contributed by atoms with E-state index in [0.29, 0.717) is 13.1 Å². The van der Waals surface area contributed by atoms with Gasteiger partial charge in [-0.1, -0.05) is 42.5 Å². The fraction of sp³-hybridized carbons (Fsp3) is 0.235. The van der Waals surface area contributed by atoms with Crippen LogP contribution in [0.1, 0.15) is 52.0 Å². The second-order valence-electron chi connectivity index (χ2n) is 11.0. The summed E-state index contributed by atoms with van der Waals surface area (Å²) < 4.78 is 11.3. The molecular formula is C34H31N3O4. The van der Waals surface area contributed by atoms with Crippen molar-refractivity contribution < 1.29 is 19.1 Å². The van der Waals surface area contributed by atoms with Gasteiger partial charge in [-0.25, -0.2) is 4.79 Å². The minimum atomic E-state index is -0.460. The van der Waals surface area contributed by atoms with Crippen molar-refractivity contribution in [2.75, 3.05) is 0 Å². The van der Waals surface area contributed by atoms with Crippen molar-refractivity contribution in [1.82, 2.24) is 15.6 Å². The average Bonchev–Trinajstić information content (AvgIpc) is 3.55. The van der Waals surface area contributed by atoms with Crippen molar-refractivity contribution in [3.8, 4) is 16.9 Å². The minimum absolute atomic E-state index is 0.0261. The lowest BCUT2D eigenvalue weighted by atomic mass is 9.80. The second kappa shape index (κ2) is 10.0. The summed E-state index contributed by atoms with van der Waals surface area (Å²) in [5.41, 5.74) is 10.3. The summed E-state index contributed by atoms with van der Waals surface area (Å²) in [6, 6.07) is 22.0. The van der Waals surface area contributed by atoms with Crippen LogP contribution in [0.25, 0.3) is 32.9 Å². The summed E-state index contributed by atoms with van der Waals surface area (Å²) in [5.74, 6) is 0.835.